The number of ether oxygens (including phenoxy) is 1. The van der Waals surface area contributed by atoms with Crippen LogP contribution in [0.1, 0.15) is 18.1 Å². The van der Waals surface area contributed by atoms with Gasteiger partial charge in [0.15, 0.2) is 5.88 Å². The lowest BCUT2D eigenvalue weighted by Gasteiger charge is -2.13. The third-order valence-corrected chi connectivity index (χ3v) is 4.94. The molecule has 0 saturated heterocycles. The Kier molecular flexibility index (Phi) is 4.58. The Hall–Kier alpha value is -3.61. The van der Waals surface area contributed by atoms with E-state index >= 15 is 0 Å². The lowest BCUT2D eigenvalue weighted by Crippen LogP contribution is -1.96. The minimum absolute atomic E-state index is 0.0159. The highest BCUT2D eigenvalue weighted by Crippen LogP contribution is 2.39. The van der Waals surface area contributed by atoms with Crippen molar-refractivity contribution in [2.24, 2.45) is 12.0 Å². The summed E-state index contributed by atoms with van der Waals surface area (Å²) in [4.78, 5) is 7.55. The molecule has 2 aromatic carbocycles. The van der Waals surface area contributed by atoms with Gasteiger partial charge in [-0.15, -0.1) is 0 Å². The van der Waals surface area contributed by atoms with Gasteiger partial charge in [-0.1, -0.05) is 6.07 Å². The maximum atomic E-state index is 14.7. The lowest BCUT2D eigenvalue weighted by atomic mass is 9.95. The predicted molar refractivity (Wildman–Crippen MR) is 112 cm³/mol. The number of aromatic nitrogens is 3. The second-order valence-electron chi connectivity index (χ2n) is 6.95. The summed E-state index contributed by atoms with van der Waals surface area (Å²) in [6.45, 7) is 3.72. The Morgan fingerprint density at radius 2 is 2.10 bits per heavy atom. The fourth-order valence-corrected chi connectivity index (χ4v) is 3.62. The van der Waals surface area contributed by atoms with Gasteiger partial charge in [-0.2, -0.15) is 5.10 Å². The number of benzene rings is 2. The number of aliphatic imine (C=N–C) groups is 1. The number of H-pyrrole nitrogens is 1. The molecule has 148 valence electrons. The molecule has 29 heavy (non-hydrogen) atoms. The number of rotatable bonds is 4. The van der Waals surface area contributed by atoms with Crippen LogP contribution >= 0.6 is 0 Å². The third kappa shape index (κ3) is 3.24. The van der Waals surface area contributed by atoms with Crippen molar-refractivity contribution >= 4 is 22.3 Å². The number of aromatic hydroxyl groups is 1. The molecule has 2 N–H and O–H groups in total. The molecule has 2 heterocycles. The highest BCUT2D eigenvalue weighted by molar-refractivity contribution is 6.13. The van der Waals surface area contributed by atoms with Gasteiger partial charge in [-0.05, 0) is 49.2 Å². The molecule has 4 rings (SSSR count). The van der Waals surface area contributed by atoms with Gasteiger partial charge < -0.3 is 14.8 Å². The van der Waals surface area contributed by atoms with Crippen molar-refractivity contribution in [3.63, 3.8) is 0 Å². The molecule has 7 heteroatoms. The van der Waals surface area contributed by atoms with Crippen LogP contribution < -0.4 is 4.74 Å². The van der Waals surface area contributed by atoms with Crippen LogP contribution in [0.15, 0.2) is 47.7 Å². The average Bonchev–Trinajstić information content (AvgIpc) is 3.22. The average molecular weight is 392 g/mol. The largest absolute Gasteiger partial charge is 0.496 e. The van der Waals surface area contributed by atoms with E-state index in [0.717, 1.165) is 16.5 Å². The van der Waals surface area contributed by atoms with Crippen molar-refractivity contribution in [2.45, 2.75) is 13.8 Å². The predicted octanol–water partition coefficient (Wildman–Crippen LogP) is 4.87. The zero-order valence-corrected chi connectivity index (χ0v) is 16.6. The third-order valence-electron chi connectivity index (χ3n) is 4.94. The first-order valence-electron chi connectivity index (χ1n) is 9.11. The first kappa shape index (κ1) is 18.7. The number of aromatic amines is 1. The van der Waals surface area contributed by atoms with Crippen LogP contribution in [0.3, 0.4) is 0 Å². The van der Waals surface area contributed by atoms with Crippen molar-refractivity contribution in [3.05, 3.63) is 59.7 Å². The van der Waals surface area contributed by atoms with Gasteiger partial charge in [-0.3, -0.25) is 4.68 Å². The van der Waals surface area contributed by atoms with E-state index in [4.69, 9.17) is 4.74 Å². The number of methoxy groups -OCH3 is 1. The van der Waals surface area contributed by atoms with E-state index in [1.54, 1.807) is 29.2 Å². The molecule has 0 unspecified atom stereocenters. The van der Waals surface area contributed by atoms with Crippen molar-refractivity contribution in [1.29, 1.82) is 0 Å². The van der Waals surface area contributed by atoms with Crippen LogP contribution in [0.4, 0.5) is 10.1 Å². The summed E-state index contributed by atoms with van der Waals surface area (Å²) in [5, 5.41) is 15.4. The van der Waals surface area contributed by atoms with Crippen LogP contribution in [-0.2, 0) is 7.05 Å². The van der Waals surface area contributed by atoms with Gasteiger partial charge in [0, 0.05) is 18.0 Å². The SMILES string of the molecule is COc1cccc(F)c1-c1cc2c(C(C)=Nc3cnn(C)c3)c(O)[nH]c2cc1C. The second kappa shape index (κ2) is 7.09. The van der Waals surface area contributed by atoms with Gasteiger partial charge in [0.25, 0.3) is 0 Å². The zero-order valence-electron chi connectivity index (χ0n) is 16.6. The van der Waals surface area contributed by atoms with Crippen LogP contribution in [0.2, 0.25) is 0 Å². The van der Waals surface area contributed by atoms with Crippen molar-refractivity contribution in [1.82, 2.24) is 14.8 Å². The smallest absolute Gasteiger partial charge is 0.198 e. The Bertz CT molecular complexity index is 1250. The summed E-state index contributed by atoms with van der Waals surface area (Å²) in [7, 11) is 3.33. The van der Waals surface area contributed by atoms with Gasteiger partial charge >= 0.3 is 0 Å². The number of nitrogens with zero attached hydrogens (tertiary/aromatic N) is 3. The van der Waals surface area contributed by atoms with E-state index in [-0.39, 0.29) is 11.7 Å². The van der Waals surface area contributed by atoms with E-state index in [1.165, 1.54) is 13.2 Å². The molecule has 0 aliphatic heterocycles. The molecule has 0 atom stereocenters. The monoisotopic (exact) mass is 392 g/mol. The topological polar surface area (TPSA) is 75.4 Å². The molecule has 0 bridgehead atoms. The van der Waals surface area contributed by atoms with E-state index in [0.29, 0.717) is 33.8 Å². The maximum absolute atomic E-state index is 14.7. The van der Waals surface area contributed by atoms with Crippen molar-refractivity contribution in [3.8, 4) is 22.8 Å². The molecule has 0 fully saturated rings. The number of nitrogens with one attached hydrogen (secondary N) is 1. The van der Waals surface area contributed by atoms with Crippen molar-refractivity contribution in [2.75, 3.05) is 7.11 Å². The van der Waals surface area contributed by atoms with Crippen LogP contribution in [0, 0.1) is 12.7 Å². The lowest BCUT2D eigenvalue weighted by molar-refractivity contribution is 0.413. The summed E-state index contributed by atoms with van der Waals surface area (Å²) in [6, 6.07) is 8.50. The maximum Gasteiger partial charge on any atom is 0.198 e. The molecule has 0 amide bonds. The summed E-state index contributed by atoms with van der Waals surface area (Å²) < 4.78 is 21.7. The molecular formula is C22H21FN4O2. The minimum atomic E-state index is -0.367. The fourth-order valence-electron chi connectivity index (χ4n) is 3.62. The van der Waals surface area contributed by atoms with Gasteiger partial charge in [0.1, 0.15) is 17.3 Å². The van der Waals surface area contributed by atoms with E-state index < -0.39 is 0 Å². The molecule has 0 saturated carbocycles. The van der Waals surface area contributed by atoms with E-state index in [9.17, 15) is 9.50 Å². The van der Waals surface area contributed by atoms with Crippen LogP contribution in [0.25, 0.3) is 22.0 Å². The van der Waals surface area contributed by atoms with Crippen LogP contribution in [-0.4, -0.2) is 32.7 Å². The van der Waals surface area contributed by atoms with Crippen molar-refractivity contribution < 1.29 is 14.2 Å². The number of halogens is 1. The highest BCUT2D eigenvalue weighted by Gasteiger charge is 2.19. The summed E-state index contributed by atoms with van der Waals surface area (Å²) in [5.41, 5.74) is 4.56. The molecule has 4 aromatic rings. The quantitative estimate of drug-likeness (QED) is 0.487. The molecule has 0 aliphatic carbocycles. The summed E-state index contributed by atoms with van der Waals surface area (Å²) >= 11 is 0. The number of hydrogen-bond donors (Lipinski definition) is 2. The second-order valence-corrected chi connectivity index (χ2v) is 6.95. The van der Waals surface area contributed by atoms with Crippen LogP contribution in [0.5, 0.6) is 11.6 Å². The summed E-state index contributed by atoms with van der Waals surface area (Å²) in [5.74, 6) is 0.102. The van der Waals surface area contributed by atoms with Gasteiger partial charge in [-0.25, -0.2) is 9.38 Å². The molecule has 2 aromatic heterocycles. The molecule has 0 spiro atoms. The standard InChI is InChI=1S/C22H21FN4O2/c1-12-8-18-16(9-15(12)21-17(23)6-5-7-19(21)29-4)20(22(28)26-18)13(2)25-14-10-24-27(3)11-14/h5-11,26,28H,1-4H3. The normalized spacial score (nSPS) is 12.0. The molecular weight excluding hydrogens is 371 g/mol. The fraction of sp³-hybridized carbons (Fsp3) is 0.182. The first-order valence-corrected chi connectivity index (χ1v) is 9.11. The zero-order chi connectivity index (χ0) is 20.7. The number of hydrogen-bond acceptors (Lipinski definition) is 4. The molecule has 0 aliphatic rings. The molecule has 0 radical (unpaired) electrons. The van der Waals surface area contributed by atoms with E-state index in [1.807, 2.05) is 33.0 Å². The summed E-state index contributed by atoms with van der Waals surface area (Å²) in [6.07, 6.45) is 3.43. The Morgan fingerprint density at radius 1 is 1.31 bits per heavy atom. The van der Waals surface area contributed by atoms with Gasteiger partial charge in [0.05, 0.1) is 36.3 Å². The number of aryl methyl sites for hydroxylation is 2. The Labute approximate surface area is 167 Å². The number of fused-ring (bicyclic) bond motifs is 1. The Morgan fingerprint density at radius 3 is 2.79 bits per heavy atom. The molecule has 6 nitrogen and oxygen atoms in total. The minimum Gasteiger partial charge on any atom is -0.496 e. The van der Waals surface area contributed by atoms with Gasteiger partial charge in [0.2, 0.25) is 0 Å². The van der Waals surface area contributed by atoms with E-state index in [2.05, 4.69) is 15.1 Å². The first-order chi connectivity index (χ1) is 13.9. The Balaban J connectivity index is 1.94. The highest BCUT2D eigenvalue weighted by atomic mass is 19.1.